The van der Waals surface area contributed by atoms with Gasteiger partial charge in [-0.2, -0.15) is 0 Å². The van der Waals surface area contributed by atoms with E-state index in [-0.39, 0.29) is 23.5 Å². The van der Waals surface area contributed by atoms with Crippen LogP contribution in [0.15, 0.2) is 18.2 Å². The zero-order chi connectivity index (χ0) is 21.7. The number of carbonyl (C=O) groups is 2. The molecule has 1 aromatic carbocycles. The van der Waals surface area contributed by atoms with Gasteiger partial charge in [0, 0.05) is 32.1 Å². The highest BCUT2D eigenvalue weighted by Crippen LogP contribution is 2.27. The minimum absolute atomic E-state index is 0.0386. The van der Waals surface area contributed by atoms with Gasteiger partial charge in [-0.1, -0.05) is 25.5 Å². The number of benzene rings is 1. The molecule has 0 bridgehead atoms. The summed E-state index contributed by atoms with van der Waals surface area (Å²) in [5, 5.41) is 2.99. The van der Waals surface area contributed by atoms with Crippen LogP contribution in [0, 0.1) is 12.8 Å². The minimum Gasteiger partial charge on any atom is -0.339 e. The lowest BCUT2D eigenvalue weighted by Gasteiger charge is -2.31. The number of piperidine rings is 1. The van der Waals surface area contributed by atoms with Crippen molar-refractivity contribution < 1.29 is 18.0 Å². The molecule has 0 aliphatic carbocycles. The SMILES string of the molecule is CCCCS(=O)(=O)N1CCC(C(=O)Nc2c(C)cccc2C(=O)N2CCCC2)CC1. The van der Waals surface area contributed by atoms with Gasteiger partial charge < -0.3 is 10.2 Å². The number of sulfonamides is 1. The van der Waals surface area contributed by atoms with Crippen LogP contribution in [0.4, 0.5) is 5.69 Å². The van der Waals surface area contributed by atoms with Gasteiger partial charge in [-0.25, -0.2) is 12.7 Å². The van der Waals surface area contributed by atoms with Crippen molar-refractivity contribution in [1.82, 2.24) is 9.21 Å². The fourth-order valence-electron chi connectivity index (χ4n) is 4.18. The average molecular weight is 436 g/mol. The lowest BCUT2D eigenvalue weighted by molar-refractivity contribution is -0.120. The molecule has 7 nitrogen and oxygen atoms in total. The molecule has 8 heteroatoms. The van der Waals surface area contributed by atoms with E-state index in [0.717, 1.165) is 37.9 Å². The third-order valence-electron chi connectivity index (χ3n) is 6.12. The van der Waals surface area contributed by atoms with Crippen LogP contribution >= 0.6 is 0 Å². The van der Waals surface area contributed by atoms with Crippen LogP contribution in [0.5, 0.6) is 0 Å². The number of aryl methyl sites for hydroxylation is 1. The Morgan fingerprint density at radius 2 is 1.77 bits per heavy atom. The van der Waals surface area contributed by atoms with Crippen LogP contribution < -0.4 is 5.32 Å². The van der Waals surface area contributed by atoms with Gasteiger partial charge in [0.25, 0.3) is 5.91 Å². The van der Waals surface area contributed by atoms with E-state index in [1.54, 1.807) is 6.07 Å². The van der Waals surface area contributed by atoms with E-state index in [1.165, 1.54) is 4.31 Å². The Kier molecular flexibility index (Phi) is 7.52. The van der Waals surface area contributed by atoms with Crippen molar-refractivity contribution in [2.24, 2.45) is 5.92 Å². The van der Waals surface area contributed by atoms with E-state index in [4.69, 9.17) is 0 Å². The fraction of sp³-hybridized carbons (Fsp3) is 0.636. The first-order valence-electron chi connectivity index (χ1n) is 11.0. The smallest absolute Gasteiger partial charge is 0.255 e. The van der Waals surface area contributed by atoms with E-state index in [1.807, 2.05) is 30.9 Å². The van der Waals surface area contributed by atoms with Crippen molar-refractivity contribution in [1.29, 1.82) is 0 Å². The number of unbranched alkanes of at least 4 members (excludes halogenated alkanes) is 1. The number of anilines is 1. The zero-order valence-electron chi connectivity index (χ0n) is 18.0. The molecule has 1 aromatic rings. The first-order chi connectivity index (χ1) is 14.3. The van der Waals surface area contributed by atoms with Crippen molar-refractivity contribution in [2.75, 3.05) is 37.2 Å². The molecule has 1 N–H and O–H groups in total. The Labute approximate surface area is 179 Å². The van der Waals surface area contributed by atoms with E-state index >= 15 is 0 Å². The second kappa shape index (κ2) is 9.92. The standard InChI is InChI=1S/C22H33N3O4S/c1-3-4-16-30(28,29)25-14-10-18(11-15-25)21(26)23-20-17(2)8-7-9-19(20)22(27)24-12-5-6-13-24/h7-9,18H,3-6,10-16H2,1-2H3,(H,23,26). The van der Waals surface area contributed by atoms with Crippen LogP contribution in [0.2, 0.25) is 0 Å². The summed E-state index contributed by atoms with van der Waals surface area (Å²) < 4.78 is 26.3. The molecule has 2 aliphatic rings. The van der Waals surface area contributed by atoms with Crippen molar-refractivity contribution in [2.45, 2.75) is 52.4 Å². The van der Waals surface area contributed by atoms with E-state index in [2.05, 4.69) is 5.32 Å². The topological polar surface area (TPSA) is 86.8 Å². The van der Waals surface area contributed by atoms with Gasteiger partial charge >= 0.3 is 0 Å². The van der Waals surface area contributed by atoms with Crippen LogP contribution in [-0.4, -0.2) is 61.4 Å². The summed E-state index contributed by atoms with van der Waals surface area (Å²) in [4.78, 5) is 27.7. The summed E-state index contributed by atoms with van der Waals surface area (Å²) >= 11 is 0. The Morgan fingerprint density at radius 3 is 2.40 bits per heavy atom. The van der Waals surface area contributed by atoms with Gasteiger partial charge in [0.2, 0.25) is 15.9 Å². The predicted octanol–water partition coefficient (Wildman–Crippen LogP) is 3.01. The Morgan fingerprint density at radius 1 is 1.10 bits per heavy atom. The van der Waals surface area contributed by atoms with Crippen LogP contribution in [0.3, 0.4) is 0 Å². The average Bonchev–Trinajstić information content (AvgIpc) is 3.28. The Balaban J connectivity index is 1.65. The lowest BCUT2D eigenvalue weighted by Crippen LogP contribution is -2.42. The monoisotopic (exact) mass is 435 g/mol. The number of nitrogens with one attached hydrogen (secondary N) is 1. The maximum absolute atomic E-state index is 12.9. The number of carbonyl (C=O) groups excluding carboxylic acids is 2. The minimum atomic E-state index is -3.24. The van der Waals surface area contributed by atoms with Crippen LogP contribution in [0.1, 0.15) is 61.4 Å². The second-order valence-electron chi connectivity index (χ2n) is 8.33. The summed E-state index contributed by atoms with van der Waals surface area (Å²) in [5.41, 5.74) is 1.97. The molecular weight excluding hydrogens is 402 g/mol. The van der Waals surface area contributed by atoms with Gasteiger partial charge in [0.15, 0.2) is 0 Å². The van der Waals surface area contributed by atoms with Crippen molar-refractivity contribution >= 4 is 27.5 Å². The molecule has 0 unspecified atom stereocenters. The highest BCUT2D eigenvalue weighted by molar-refractivity contribution is 7.89. The number of likely N-dealkylation sites (tertiary alicyclic amines) is 1. The number of nitrogens with zero attached hydrogens (tertiary/aromatic N) is 2. The summed E-state index contributed by atoms with van der Waals surface area (Å²) in [6.45, 7) is 6.12. The van der Waals surface area contributed by atoms with Gasteiger partial charge in [-0.15, -0.1) is 0 Å². The molecule has 2 fully saturated rings. The molecule has 2 aliphatic heterocycles. The first-order valence-corrected chi connectivity index (χ1v) is 12.6. The third kappa shape index (κ3) is 5.21. The Bertz CT molecular complexity index is 870. The molecule has 0 aromatic heterocycles. The quantitative estimate of drug-likeness (QED) is 0.713. The number of amides is 2. The lowest BCUT2D eigenvalue weighted by atomic mass is 9.96. The van der Waals surface area contributed by atoms with Crippen molar-refractivity contribution in [3.63, 3.8) is 0 Å². The van der Waals surface area contributed by atoms with Gasteiger partial charge in [-0.3, -0.25) is 9.59 Å². The van der Waals surface area contributed by atoms with Crippen molar-refractivity contribution in [3.8, 4) is 0 Å². The summed E-state index contributed by atoms with van der Waals surface area (Å²) in [6.07, 6.45) is 4.52. The normalized spacial score (nSPS) is 18.5. The van der Waals surface area contributed by atoms with Crippen molar-refractivity contribution in [3.05, 3.63) is 29.3 Å². The largest absolute Gasteiger partial charge is 0.339 e. The number of hydrogen-bond donors (Lipinski definition) is 1. The molecule has 2 amide bonds. The Hall–Kier alpha value is -1.93. The number of rotatable bonds is 7. The zero-order valence-corrected chi connectivity index (χ0v) is 18.8. The van der Waals surface area contributed by atoms with Gasteiger partial charge in [-0.05, 0) is 50.7 Å². The number of para-hydroxylation sites is 1. The molecule has 0 saturated carbocycles. The van der Waals surface area contributed by atoms with Gasteiger partial charge in [0.1, 0.15) is 0 Å². The molecule has 0 spiro atoms. The number of hydrogen-bond acceptors (Lipinski definition) is 4. The van der Waals surface area contributed by atoms with Gasteiger partial charge in [0.05, 0.1) is 17.0 Å². The molecule has 2 heterocycles. The maximum Gasteiger partial charge on any atom is 0.255 e. The highest BCUT2D eigenvalue weighted by Gasteiger charge is 2.31. The summed E-state index contributed by atoms with van der Waals surface area (Å²) in [7, 11) is -3.24. The summed E-state index contributed by atoms with van der Waals surface area (Å²) in [5.74, 6) is -0.253. The fourth-order valence-corrected chi connectivity index (χ4v) is 5.86. The van der Waals surface area contributed by atoms with E-state index in [0.29, 0.717) is 43.6 Å². The van der Waals surface area contributed by atoms with Crippen LogP contribution in [-0.2, 0) is 14.8 Å². The second-order valence-corrected chi connectivity index (χ2v) is 10.4. The molecule has 3 rings (SSSR count). The molecule has 30 heavy (non-hydrogen) atoms. The third-order valence-corrected chi connectivity index (χ3v) is 8.08. The molecular formula is C22H33N3O4S. The molecule has 166 valence electrons. The predicted molar refractivity (Wildman–Crippen MR) is 118 cm³/mol. The summed E-state index contributed by atoms with van der Waals surface area (Å²) in [6, 6.07) is 5.50. The maximum atomic E-state index is 12.9. The first kappa shape index (κ1) is 22.7. The molecule has 2 saturated heterocycles. The highest BCUT2D eigenvalue weighted by atomic mass is 32.2. The van der Waals surface area contributed by atoms with E-state index in [9.17, 15) is 18.0 Å². The molecule has 0 radical (unpaired) electrons. The molecule has 0 atom stereocenters. The van der Waals surface area contributed by atoms with E-state index < -0.39 is 10.0 Å². The van der Waals surface area contributed by atoms with Crippen LogP contribution in [0.25, 0.3) is 0 Å².